The van der Waals surface area contributed by atoms with Crippen molar-refractivity contribution in [2.45, 2.75) is 126 Å². The van der Waals surface area contributed by atoms with E-state index in [1.165, 1.54) is 7.05 Å². The van der Waals surface area contributed by atoms with Crippen molar-refractivity contribution in [3.63, 3.8) is 0 Å². The molecule has 0 amide bonds. The maximum Gasteiger partial charge on any atom is 0.211 e. The van der Waals surface area contributed by atoms with Crippen LogP contribution >= 0.6 is 0 Å². The van der Waals surface area contributed by atoms with Crippen LogP contribution in [-0.4, -0.2) is 115 Å². The Morgan fingerprint density at radius 1 is 0.673 bits per heavy atom. The highest BCUT2D eigenvalue weighted by molar-refractivity contribution is 7.89. The molecular formula is C36H71N3O9S. The van der Waals surface area contributed by atoms with Crippen molar-refractivity contribution in [3.05, 3.63) is 0 Å². The lowest BCUT2D eigenvalue weighted by molar-refractivity contribution is -0.134. The summed E-state index contributed by atoms with van der Waals surface area (Å²) in [5.74, 6) is 0.0191. The number of ketones is 3. The quantitative estimate of drug-likeness (QED) is 0.0956. The van der Waals surface area contributed by atoms with Crippen LogP contribution in [0.2, 0.25) is 0 Å². The third-order valence-electron chi connectivity index (χ3n) is 9.04. The normalized spacial score (nSPS) is 14.9. The fourth-order valence-electron chi connectivity index (χ4n) is 6.36. The lowest BCUT2D eigenvalue weighted by Crippen LogP contribution is -2.54. The molecule has 1 unspecified atom stereocenters. The predicted molar refractivity (Wildman–Crippen MR) is 195 cm³/mol. The highest BCUT2D eigenvalue weighted by atomic mass is 32.2. The van der Waals surface area contributed by atoms with E-state index in [0.717, 1.165) is 0 Å². The smallest absolute Gasteiger partial charge is 0.211 e. The predicted octanol–water partition coefficient (Wildman–Crippen LogP) is 4.09. The molecule has 12 nitrogen and oxygen atoms in total. The van der Waals surface area contributed by atoms with Gasteiger partial charge in [-0.2, -0.15) is 0 Å². The number of sulfonamides is 1. The molecule has 49 heavy (non-hydrogen) atoms. The maximum absolute atomic E-state index is 13.4. The fourth-order valence-corrected chi connectivity index (χ4v) is 7.63. The summed E-state index contributed by atoms with van der Waals surface area (Å²) in [6.07, 6.45) is 1.63. The van der Waals surface area contributed by atoms with Gasteiger partial charge in [0.1, 0.15) is 12.4 Å². The van der Waals surface area contributed by atoms with E-state index in [2.05, 4.69) is 15.4 Å². The van der Waals surface area contributed by atoms with Crippen LogP contribution in [0.4, 0.5) is 0 Å². The first-order valence-electron chi connectivity index (χ1n) is 17.6. The second-order valence-corrected chi connectivity index (χ2v) is 18.5. The molecule has 0 radical (unpaired) electrons. The molecule has 0 aromatic rings. The molecule has 0 spiro atoms. The molecule has 1 atom stereocenters. The topological polar surface area (TPSA) is 158 Å². The summed E-state index contributed by atoms with van der Waals surface area (Å²) in [4.78, 5) is 38.2. The Morgan fingerprint density at radius 2 is 1.18 bits per heavy atom. The molecule has 0 saturated carbocycles. The van der Waals surface area contributed by atoms with Crippen molar-refractivity contribution in [3.8, 4) is 0 Å². The van der Waals surface area contributed by atoms with Crippen LogP contribution in [0.5, 0.6) is 0 Å². The summed E-state index contributed by atoms with van der Waals surface area (Å²) >= 11 is 0. The van der Waals surface area contributed by atoms with Gasteiger partial charge < -0.3 is 29.6 Å². The largest absolute Gasteiger partial charge is 0.378 e. The molecule has 0 heterocycles. The molecule has 0 aliphatic heterocycles. The molecule has 0 rings (SSSR count). The molecule has 0 aromatic carbocycles. The zero-order valence-corrected chi connectivity index (χ0v) is 34.1. The number of carbonyl (C=O) groups excluding carboxylic acids is 3. The SMILES string of the molecule is CCC(C)(NCCOCCOC(C)(C)CC(C)(C)C(C)=O)C(=O)COCCOCCNC(C)(C)C(=O)C(C)(C)CC(C)(C)CS(=O)(=O)NC. The van der Waals surface area contributed by atoms with Crippen LogP contribution in [0.1, 0.15) is 109 Å². The number of rotatable bonds is 29. The van der Waals surface area contributed by atoms with Crippen molar-refractivity contribution < 1.29 is 41.7 Å². The van der Waals surface area contributed by atoms with E-state index in [4.69, 9.17) is 18.9 Å². The first kappa shape index (κ1) is 47.7. The van der Waals surface area contributed by atoms with E-state index in [-0.39, 0.29) is 36.3 Å². The molecule has 0 bridgehead atoms. The number of Topliss-reactive ketones (excluding diaryl/α,β-unsaturated/α-hetero) is 3. The number of carbonyl (C=O) groups is 3. The van der Waals surface area contributed by atoms with Gasteiger partial charge in [0.25, 0.3) is 0 Å². The van der Waals surface area contributed by atoms with Crippen LogP contribution in [0.15, 0.2) is 0 Å². The van der Waals surface area contributed by atoms with E-state index in [0.29, 0.717) is 65.4 Å². The van der Waals surface area contributed by atoms with Crippen molar-refractivity contribution in [2.75, 3.05) is 72.1 Å². The lowest BCUT2D eigenvalue weighted by atomic mass is 9.69. The third-order valence-corrected chi connectivity index (χ3v) is 10.8. The first-order chi connectivity index (χ1) is 22.2. The summed E-state index contributed by atoms with van der Waals surface area (Å²) in [5.41, 5.74) is -3.81. The monoisotopic (exact) mass is 721 g/mol. The van der Waals surface area contributed by atoms with Crippen LogP contribution in [0, 0.1) is 16.2 Å². The minimum atomic E-state index is -3.41. The minimum absolute atomic E-state index is 0.00404. The first-order valence-corrected chi connectivity index (χ1v) is 19.2. The summed E-state index contributed by atoms with van der Waals surface area (Å²) in [5, 5.41) is 6.56. The van der Waals surface area contributed by atoms with Crippen molar-refractivity contribution >= 4 is 27.4 Å². The molecule has 0 aliphatic carbocycles. The summed E-state index contributed by atoms with van der Waals surface area (Å²) < 4.78 is 49.5. The summed E-state index contributed by atoms with van der Waals surface area (Å²) in [7, 11) is -2.02. The van der Waals surface area contributed by atoms with Crippen molar-refractivity contribution in [1.82, 2.24) is 15.4 Å². The fraction of sp³-hybridized carbons (Fsp3) is 0.917. The van der Waals surface area contributed by atoms with Crippen LogP contribution in [-0.2, 0) is 43.4 Å². The van der Waals surface area contributed by atoms with E-state index in [1.54, 1.807) is 6.92 Å². The van der Waals surface area contributed by atoms with Gasteiger partial charge in [0, 0.05) is 23.9 Å². The number of hydrogen-bond acceptors (Lipinski definition) is 11. The minimum Gasteiger partial charge on any atom is -0.378 e. The van der Waals surface area contributed by atoms with Crippen LogP contribution < -0.4 is 15.4 Å². The van der Waals surface area contributed by atoms with E-state index < -0.39 is 42.9 Å². The molecule has 3 N–H and O–H groups in total. The van der Waals surface area contributed by atoms with Crippen molar-refractivity contribution in [2.24, 2.45) is 16.2 Å². The lowest BCUT2D eigenvalue weighted by Gasteiger charge is -2.39. The second-order valence-electron chi connectivity index (χ2n) is 16.6. The number of nitrogens with one attached hydrogen (secondary N) is 3. The molecule has 0 aromatic heterocycles. The Kier molecular flexibility index (Phi) is 19.5. The standard InChI is InChI=1S/C36H71N3O9S/c1-15-36(13,39-17-19-46-22-23-48-34(9,10)26-32(5,6)28(2)40)29(41)24-47-21-20-45-18-16-38-35(11,12)30(42)33(7,8)25-31(3,4)27-49(43,44)37-14/h37-39H,15-27H2,1-14H3. The molecule has 0 aliphatic rings. The zero-order chi connectivity index (χ0) is 38.4. The van der Waals surface area contributed by atoms with Crippen LogP contribution in [0.3, 0.4) is 0 Å². The average molecular weight is 722 g/mol. The van der Waals surface area contributed by atoms with E-state index in [1.807, 2.05) is 83.1 Å². The summed E-state index contributed by atoms with van der Waals surface area (Å²) in [6, 6.07) is 0. The Bertz CT molecular complexity index is 1150. The van der Waals surface area contributed by atoms with Gasteiger partial charge in [0.05, 0.1) is 62.1 Å². The zero-order valence-electron chi connectivity index (χ0n) is 33.3. The van der Waals surface area contributed by atoms with Gasteiger partial charge in [0.2, 0.25) is 10.0 Å². The summed E-state index contributed by atoms with van der Waals surface area (Å²) in [6.45, 7) is 27.4. The van der Waals surface area contributed by atoms with Gasteiger partial charge in [0.15, 0.2) is 11.6 Å². The third kappa shape index (κ3) is 18.7. The van der Waals surface area contributed by atoms with Crippen LogP contribution in [0.25, 0.3) is 0 Å². The highest BCUT2D eigenvalue weighted by Crippen LogP contribution is 2.38. The van der Waals surface area contributed by atoms with Gasteiger partial charge in [-0.05, 0) is 73.3 Å². The average Bonchev–Trinajstić information content (AvgIpc) is 2.95. The van der Waals surface area contributed by atoms with Gasteiger partial charge in [-0.15, -0.1) is 0 Å². The Morgan fingerprint density at radius 3 is 1.69 bits per heavy atom. The Balaban J connectivity index is 4.40. The van der Waals surface area contributed by atoms with Gasteiger partial charge in [-0.3, -0.25) is 14.4 Å². The van der Waals surface area contributed by atoms with E-state index in [9.17, 15) is 22.8 Å². The molecule has 13 heteroatoms. The molecule has 0 saturated heterocycles. The number of hydrogen-bond donors (Lipinski definition) is 3. The van der Waals surface area contributed by atoms with E-state index >= 15 is 0 Å². The van der Waals surface area contributed by atoms with Crippen molar-refractivity contribution in [1.29, 1.82) is 0 Å². The van der Waals surface area contributed by atoms with Gasteiger partial charge >= 0.3 is 0 Å². The second kappa shape index (κ2) is 20.1. The van der Waals surface area contributed by atoms with Gasteiger partial charge in [-0.1, -0.05) is 48.5 Å². The highest BCUT2D eigenvalue weighted by Gasteiger charge is 2.43. The molecule has 0 fully saturated rings. The maximum atomic E-state index is 13.4. The van der Waals surface area contributed by atoms with Gasteiger partial charge in [-0.25, -0.2) is 13.1 Å². The Hall–Kier alpha value is -1.32. The number of ether oxygens (including phenoxy) is 4. The molecular weight excluding hydrogens is 650 g/mol. The molecule has 290 valence electrons. The Labute approximate surface area is 298 Å².